The third-order valence-corrected chi connectivity index (χ3v) is 10.5. The van der Waals surface area contributed by atoms with Gasteiger partial charge in [-0.15, -0.1) is 0 Å². The lowest BCUT2D eigenvalue weighted by Gasteiger charge is -2.38. The van der Waals surface area contributed by atoms with E-state index in [0.717, 1.165) is 51.0 Å². The summed E-state index contributed by atoms with van der Waals surface area (Å²) in [6.45, 7) is 6.69. The summed E-state index contributed by atoms with van der Waals surface area (Å²) in [6, 6.07) is 5.61. The molecule has 0 radical (unpaired) electrons. The summed E-state index contributed by atoms with van der Waals surface area (Å²) >= 11 is 0. The molecule has 1 spiro atoms. The van der Waals surface area contributed by atoms with Crippen molar-refractivity contribution in [2.24, 2.45) is 34.0 Å². The third-order valence-electron chi connectivity index (χ3n) is 8.35. The molecule has 10 heteroatoms. The van der Waals surface area contributed by atoms with Crippen molar-refractivity contribution in [3.63, 3.8) is 0 Å². The van der Waals surface area contributed by atoms with Gasteiger partial charge in [-0.05, 0) is 69.5 Å². The smallest absolute Gasteiger partial charge is 0.382 e. The first kappa shape index (κ1) is 23.9. The first-order chi connectivity index (χ1) is 15.9. The second-order valence-corrected chi connectivity index (χ2v) is 13.2. The van der Waals surface area contributed by atoms with Crippen LogP contribution in [0.25, 0.3) is 0 Å². The molecular formula is C24H33F3N4O2S. The van der Waals surface area contributed by atoms with Crippen molar-refractivity contribution in [1.82, 2.24) is 9.91 Å². The Labute approximate surface area is 199 Å². The molecule has 4 fully saturated rings. The van der Waals surface area contributed by atoms with Crippen LogP contribution < -0.4 is 5.73 Å². The summed E-state index contributed by atoms with van der Waals surface area (Å²) in [4.78, 5) is 2.52. The highest BCUT2D eigenvalue weighted by Crippen LogP contribution is 2.59. The zero-order valence-corrected chi connectivity index (χ0v) is 20.4. The van der Waals surface area contributed by atoms with Gasteiger partial charge in [0.25, 0.3) is 0 Å². The van der Waals surface area contributed by atoms with Crippen LogP contribution in [0, 0.1) is 23.2 Å². The fourth-order valence-corrected chi connectivity index (χ4v) is 8.81. The number of nitrogens with two attached hydrogens (primary N) is 1. The highest BCUT2D eigenvalue weighted by atomic mass is 32.2. The van der Waals surface area contributed by atoms with Gasteiger partial charge in [-0.3, -0.25) is 9.91 Å². The molecule has 2 aliphatic heterocycles. The maximum atomic E-state index is 13.1. The number of alkyl halides is 3. The summed E-state index contributed by atoms with van der Waals surface area (Å²) in [5.74, 6) is 2.61. The lowest BCUT2D eigenvalue weighted by molar-refractivity contribution is -0.137. The SMILES string of the molecule is CC(C)N(C[C@H]1[C@@H]2C[C@@H](N3CCC4(C3)CS(=O)(=O)C4)C[C@@H]21)/N=C(\N)c1cccc(C(F)(F)F)c1. The quantitative estimate of drug-likeness (QED) is 0.370. The Balaban J connectivity index is 1.18. The van der Waals surface area contributed by atoms with Crippen LogP contribution in [-0.2, 0) is 16.0 Å². The van der Waals surface area contributed by atoms with Crippen molar-refractivity contribution in [3.8, 4) is 0 Å². The maximum absolute atomic E-state index is 13.1. The normalized spacial score (nSPS) is 32.1. The van der Waals surface area contributed by atoms with E-state index in [2.05, 4.69) is 10.0 Å². The standard InChI is InChI=1S/C24H33F3N4O2S/c1-15(2)31(29-22(28)16-4-3-5-17(8-16)24(25,26)27)11-21-19-9-18(10-20(19)21)30-7-6-23(12-30)13-34(32,33)14-23/h3-5,8,15,18-21H,6-7,9-14H2,1-2H3,(H2,28,29)/t18-,19-,20+,21+. The van der Waals surface area contributed by atoms with E-state index in [4.69, 9.17) is 5.73 Å². The minimum Gasteiger partial charge on any atom is -0.382 e. The number of hydrogen-bond donors (Lipinski definition) is 1. The number of hydrogen-bond acceptors (Lipinski definition) is 5. The van der Waals surface area contributed by atoms with E-state index in [9.17, 15) is 21.6 Å². The summed E-state index contributed by atoms with van der Waals surface area (Å²) in [5, 5.41) is 6.43. The van der Waals surface area contributed by atoms with Gasteiger partial charge in [-0.2, -0.15) is 18.3 Å². The van der Waals surface area contributed by atoms with E-state index in [0.29, 0.717) is 35.3 Å². The molecule has 2 saturated heterocycles. The molecule has 2 aliphatic carbocycles. The summed E-state index contributed by atoms with van der Waals surface area (Å²) < 4.78 is 62.5. The van der Waals surface area contributed by atoms with E-state index >= 15 is 0 Å². The predicted octanol–water partition coefficient (Wildman–Crippen LogP) is 3.18. The molecule has 6 nitrogen and oxygen atoms in total. The van der Waals surface area contributed by atoms with E-state index in [1.807, 2.05) is 18.9 Å². The third kappa shape index (κ3) is 4.55. The molecule has 2 N–H and O–H groups in total. The van der Waals surface area contributed by atoms with Crippen LogP contribution >= 0.6 is 0 Å². The first-order valence-corrected chi connectivity index (χ1v) is 13.9. The van der Waals surface area contributed by atoms with Crippen molar-refractivity contribution >= 4 is 15.7 Å². The fraction of sp³-hybridized carbons (Fsp3) is 0.708. The van der Waals surface area contributed by atoms with Crippen molar-refractivity contribution in [3.05, 3.63) is 35.4 Å². The van der Waals surface area contributed by atoms with Gasteiger partial charge in [-0.1, -0.05) is 12.1 Å². The Kier molecular flexibility index (Phi) is 5.71. The molecule has 0 unspecified atom stereocenters. The summed E-state index contributed by atoms with van der Waals surface area (Å²) in [5.41, 5.74) is 5.67. The predicted molar refractivity (Wildman–Crippen MR) is 125 cm³/mol. The number of nitrogens with zero attached hydrogens (tertiary/aromatic N) is 3. The molecule has 1 aromatic carbocycles. The van der Waals surface area contributed by atoms with Crippen LogP contribution in [0.5, 0.6) is 0 Å². The second-order valence-electron chi connectivity index (χ2n) is 11.1. The van der Waals surface area contributed by atoms with Crippen LogP contribution in [-0.4, -0.2) is 67.4 Å². The van der Waals surface area contributed by atoms with Crippen LogP contribution in [0.4, 0.5) is 13.2 Å². The number of amidine groups is 1. The van der Waals surface area contributed by atoms with Gasteiger partial charge < -0.3 is 5.73 Å². The molecule has 188 valence electrons. The van der Waals surface area contributed by atoms with Crippen molar-refractivity contribution in [2.45, 2.75) is 51.4 Å². The number of halogens is 3. The lowest BCUT2D eigenvalue weighted by atomic mass is 9.91. The lowest BCUT2D eigenvalue weighted by Crippen LogP contribution is -2.50. The molecule has 0 aromatic heterocycles. The second kappa shape index (κ2) is 8.11. The van der Waals surface area contributed by atoms with Gasteiger partial charge in [0.15, 0.2) is 15.7 Å². The van der Waals surface area contributed by atoms with Crippen LogP contribution in [0.2, 0.25) is 0 Å². The van der Waals surface area contributed by atoms with E-state index in [-0.39, 0.29) is 22.9 Å². The van der Waals surface area contributed by atoms with E-state index in [1.54, 1.807) is 6.07 Å². The highest BCUT2D eigenvalue weighted by Gasteiger charge is 2.59. The van der Waals surface area contributed by atoms with Gasteiger partial charge >= 0.3 is 6.18 Å². The molecular weight excluding hydrogens is 465 g/mol. The first-order valence-electron chi connectivity index (χ1n) is 12.1. The van der Waals surface area contributed by atoms with Crippen molar-refractivity contribution < 1.29 is 21.6 Å². The molecule has 1 aromatic rings. The molecule has 34 heavy (non-hydrogen) atoms. The van der Waals surface area contributed by atoms with Gasteiger partial charge in [0.1, 0.15) is 0 Å². The Morgan fingerprint density at radius 2 is 1.94 bits per heavy atom. The van der Waals surface area contributed by atoms with Gasteiger partial charge in [0.2, 0.25) is 0 Å². The van der Waals surface area contributed by atoms with Crippen molar-refractivity contribution in [1.29, 1.82) is 0 Å². The molecule has 5 rings (SSSR count). The van der Waals surface area contributed by atoms with Gasteiger partial charge in [0.05, 0.1) is 17.1 Å². The fourth-order valence-electron chi connectivity index (χ4n) is 6.56. The molecule has 2 heterocycles. The van der Waals surface area contributed by atoms with E-state index < -0.39 is 21.6 Å². The molecule has 0 amide bonds. The maximum Gasteiger partial charge on any atom is 0.416 e. The Hall–Kier alpha value is -1.81. The molecule has 2 saturated carbocycles. The average Bonchev–Trinajstić information content (AvgIpc) is 3.08. The zero-order valence-electron chi connectivity index (χ0n) is 19.6. The number of benzene rings is 1. The Morgan fingerprint density at radius 1 is 1.26 bits per heavy atom. The van der Waals surface area contributed by atoms with Gasteiger partial charge in [-0.25, -0.2) is 8.42 Å². The largest absolute Gasteiger partial charge is 0.416 e. The minimum absolute atomic E-state index is 0.00904. The molecule has 0 bridgehead atoms. The minimum atomic E-state index is -4.42. The Bertz CT molecular complexity index is 1060. The van der Waals surface area contributed by atoms with Crippen LogP contribution in [0.3, 0.4) is 0 Å². The van der Waals surface area contributed by atoms with Crippen molar-refractivity contribution in [2.75, 3.05) is 31.1 Å². The number of fused-ring (bicyclic) bond motifs is 1. The summed E-state index contributed by atoms with van der Waals surface area (Å²) in [7, 11) is -2.80. The summed E-state index contributed by atoms with van der Waals surface area (Å²) in [6.07, 6.45) is -1.15. The molecule has 4 aliphatic rings. The Morgan fingerprint density at radius 3 is 2.53 bits per heavy atom. The number of rotatable bonds is 6. The average molecular weight is 499 g/mol. The topological polar surface area (TPSA) is 79.0 Å². The van der Waals surface area contributed by atoms with Gasteiger partial charge in [0, 0.05) is 36.2 Å². The van der Waals surface area contributed by atoms with Crippen LogP contribution in [0.1, 0.15) is 44.2 Å². The monoisotopic (exact) mass is 498 g/mol. The number of hydrazone groups is 1. The highest BCUT2D eigenvalue weighted by molar-refractivity contribution is 7.92. The molecule has 4 atom stereocenters. The van der Waals surface area contributed by atoms with Crippen LogP contribution in [0.15, 0.2) is 29.4 Å². The number of sulfone groups is 1. The zero-order chi connectivity index (χ0) is 24.5. The van der Waals surface area contributed by atoms with E-state index in [1.165, 1.54) is 6.07 Å². The number of likely N-dealkylation sites (tertiary alicyclic amines) is 1.